The molecule has 5 heteroatoms. The summed E-state index contributed by atoms with van der Waals surface area (Å²) < 4.78 is 0. The van der Waals surface area contributed by atoms with Crippen molar-refractivity contribution in [1.29, 1.82) is 0 Å². The molecule has 2 N–H and O–H groups in total. The molecule has 0 unspecified atom stereocenters. The smallest absolute Gasteiger partial charge is 0.169 e. The van der Waals surface area contributed by atoms with Gasteiger partial charge in [0, 0.05) is 11.4 Å². The Balaban J connectivity index is 1.73. The minimum absolute atomic E-state index is 0.507. The topological polar surface area (TPSA) is 57.2 Å². The molecular weight excluding hydrogens is 322 g/mol. The van der Waals surface area contributed by atoms with Gasteiger partial charge in [-0.2, -0.15) is 5.10 Å². The maximum absolute atomic E-state index is 6.45. The van der Waals surface area contributed by atoms with Crippen LogP contribution >= 0.6 is 0 Å². The predicted octanol–water partition coefficient (Wildman–Crippen LogP) is 3.97. The van der Waals surface area contributed by atoms with Crippen LogP contribution in [-0.2, 0) is 0 Å². The molecule has 2 aliphatic rings. The van der Waals surface area contributed by atoms with E-state index in [1.54, 1.807) is 6.21 Å². The zero-order valence-electron chi connectivity index (χ0n) is 15.3. The molecule has 0 atom stereocenters. The fraction of sp³-hybridized carbons (Fsp3) is 0.238. The van der Waals surface area contributed by atoms with Crippen LogP contribution in [0.3, 0.4) is 0 Å². The molecule has 0 aliphatic carbocycles. The number of hydrogen-bond acceptors (Lipinski definition) is 5. The number of fused-ring (bicyclic) bond motifs is 1. The number of amidine groups is 1. The largest absolute Gasteiger partial charge is 0.384 e. The van der Waals surface area contributed by atoms with E-state index in [-0.39, 0.29) is 0 Å². The first-order valence-corrected chi connectivity index (χ1v) is 8.87. The van der Waals surface area contributed by atoms with Gasteiger partial charge in [-0.1, -0.05) is 43.7 Å². The number of nitrogens with zero attached hydrogens (tertiary/aromatic N) is 4. The van der Waals surface area contributed by atoms with E-state index in [4.69, 9.17) is 5.73 Å². The average Bonchev–Trinajstić information content (AvgIpc) is 3.14. The molecule has 132 valence electrons. The van der Waals surface area contributed by atoms with Crippen molar-refractivity contribution in [2.45, 2.75) is 26.7 Å². The van der Waals surface area contributed by atoms with Crippen LogP contribution in [0.25, 0.3) is 0 Å². The lowest BCUT2D eigenvalue weighted by molar-refractivity contribution is 0.854. The Morgan fingerprint density at radius 2 is 1.54 bits per heavy atom. The maximum Gasteiger partial charge on any atom is 0.169 e. The summed E-state index contributed by atoms with van der Waals surface area (Å²) in [5.74, 6) is 2.00. The highest BCUT2D eigenvalue weighted by molar-refractivity contribution is 6.25. The predicted molar refractivity (Wildman–Crippen MR) is 109 cm³/mol. The molecule has 4 rings (SSSR count). The van der Waals surface area contributed by atoms with Crippen LogP contribution in [0.1, 0.15) is 30.9 Å². The number of benzene rings is 2. The van der Waals surface area contributed by atoms with E-state index >= 15 is 0 Å². The number of aryl methyl sites for hydroxylation is 1. The van der Waals surface area contributed by atoms with Crippen LogP contribution in [0.5, 0.6) is 0 Å². The van der Waals surface area contributed by atoms with Crippen molar-refractivity contribution in [3.05, 3.63) is 71.1 Å². The molecule has 2 aromatic rings. The van der Waals surface area contributed by atoms with Gasteiger partial charge in [0.1, 0.15) is 12.5 Å². The van der Waals surface area contributed by atoms with Crippen LogP contribution in [0, 0.1) is 6.92 Å². The van der Waals surface area contributed by atoms with Gasteiger partial charge in [-0.3, -0.25) is 0 Å². The lowest BCUT2D eigenvalue weighted by atomic mass is 10.0. The zero-order chi connectivity index (χ0) is 18.3. The van der Waals surface area contributed by atoms with Crippen molar-refractivity contribution < 1.29 is 0 Å². The van der Waals surface area contributed by atoms with Gasteiger partial charge >= 0.3 is 0 Å². The van der Waals surface area contributed by atoms with Gasteiger partial charge in [0.25, 0.3) is 0 Å². The first-order chi connectivity index (χ1) is 12.5. The molecular formula is C21H23N5. The highest BCUT2D eigenvalue weighted by Crippen LogP contribution is 2.30. The lowest BCUT2D eigenvalue weighted by Crippen LogP contribution is -2.49. The maximum atomic E-state index is 6.45. The van der Waals surface area contributed by atoms with Crippen LogP contribution in [-0.4, -0.2) is 18.7 Å². The number of hydrogen-bond donors (Lipinski definition) is 1. The van der Waals surface area contributed by atoms with Crippen LogP contribution in [0.2, 0.25) is 0 Å². The van der Waals surface area contributed by atoms with Gasteiger partial charge in [-0.05, 0) is 42.7 Å². The fourth-order valence-corrected chi connectivity index (χ4v) is 3.25. The quantitative estimate of drug-likeness (QED) is 0.916. The van der Waals surface area contributed by atoms with E-state index in [1.165, 1.54) is 11.1 Å². The van der Waals surface area contributed by atoms with Gasteiger partial charge in [0.2, 0.25) is 0 Å². The Morgan fingerprint density at radius 1 is 0.923 bits per heavy atom. The Morgan fingerprint density at radius 3 is 2.19 bits per heavy atom. The molecule has 0 bridgehead atoms. The van der Waals surface area contributed by atoms with Gasteiger partial charge in [-0.25, -0.2) is 0 Å². The van der Waals surface area contributed by atoms with Crippen molar-refractivity contribution in [1.82, 2.24) is 0 Å². The third kappa shape index (κ3) is 2.75. The summed E-state index contributed by atoms with van der Waals surface area (Å²) in [5.41, 5.74) is 12.0. The summed E-state index contributed by atoms with van der Waals surface area (Å²) >= 11 is 0. The van der Waals surface area contributed by atoms with E-state index in [1.807, 2.05) is 0 Å². The zero-order valence-corrected chi connectivity index (χ0v) is 15.3. The number of nitrogens with two attached hydrogens (primary N) is 1. The second-order valence-corrected chi connectivity index (χ2v) is 7.05. The molecule has 2 aliphatic heterocycles. The molecule has 0 radical (unpaired) electrons. The minimum Gasteiger partial charge on any atom is -0.384 e. The monoisotopic (exact) mass is 345 g/mol. The standard InChI is InChI=1S/C21H23N5/c1-14(2)16-6-10-18(11-7-16)26-13-25(17-8-4-15(3)5-9-17)20(22)19-12-23-24-21(19)26/h4-12,14H,13,22H2,1-3H3. The molecule has 2 heterocycles. The summed E-state index contributed by atoms with van der Waals surface area (Å²) in [5, 5.41) is 8.41. The molecule has 0 aromatic heterocycles. The number of rotatable bonds is 3. The fourth-order valence-electron chi connectivity index (χ4n) is 3.25. The van der Waals surface area contributed by atoms with Crippen molar-refractivity contribution in [2.24, 2.45) is 15.9 Å². The Bertz CT molecular complexity index is 904. The molecule has 5 nitrogen and oxygen atoms in total. The van der Waals surface area contributed by atoms with Crippen molar-refractivity contribution in [2.75, 3.05) is 16.5 Å². The minimum atomic E-state index is 0.507. The average molecular weight is 345 g/mol. The highest BCUT2D eigenvalue weighted by atomic mass is 15.4. The third-order valence-electron chi connectivity index (χ3n) is 4.90. The lowest BCUT2D eigenvalue weighted by Gasteiger charge is -2.38. The normalized spacial score (nSPS) is 16.4. The van der Waals surface area contributed by atoms with E-state index in [2.05, 4.69) is 89.3 Å². The van der Waals surface area contributed by atoms with E-state index in [0.717, 1.165) is 22.8 Å². The van der Waals surface area contributed by atoms with Gasteiger partial charge < -0.3 is 15.5 Å². The van der Waals surface area contributed by atoms with Crippen LogP contribution < -0.4 is 15.5 Å². The van der Waals surface area contributed by atoms with Crippen LogP contribution in [0.15, 0.2) is 70.1 Å². The molecule has 0 saturated carbocycles. The first-order valence-electron chi connectivity index (χ1n) is 8.87. The Labute approximate surface area is 154 Å². The Kier molecular flexibility index (Phi) is 3.99. The van der Waals surface area contributed by atoms with E-state index in [0.29, 0.717) is 18.4 Å². The van der Waals surface area contributed by atoms with Gasteiger partial charge in [-0.15, -0.1) is 5.10 Å². The van der Waals surface area contributed by atoms with Crippen LogP contribution in [0.4, 0.5) is 11.4 Å². The highest BCUT2D eigenvalue weighted by Gasteiger charge is 2.32. The third-order valence-corrected chi connectivity index (χ3v) is 4.90. The molecule has 26 heavy (non-hydrogen) atoms. The molecule has 0 fully saturated rings. The number of anilines is 2. The van der Waals surface area contributed by atoms with Crippen molar-refractivity contribution >= 4 is 23.4 Å². The SMILES string of the molecule is Cc1ccc(N2CN(c3ccc(C(C)C)cc3)C3=NN=CC3=C2N)cc1. The van der Waals surface area contributed by atoms with Gasteiger partial charge in [0.05, 0.1) is 11.8 Å². The van der Waals surface area contributed by atoms with Crippen molar-refractivity contribution in [3.8, 4) is 0 Å². The summed E-state index contributed by atoms with van der Waals surface area (Å²) in [6, 6.07) is 17.0. The second-order valence-electron chi connectivity index (χ2n) is 7.05. The Hall–Kier alpha value is -3.08. The second kappa shape index (κ2) is 6.33. The molecule has 0 spiro atoms. The molecule has 0 saturated heterocycles. The van der Waals surface area contributed by atoms with Gasteiger partial charge in [0.15, 0.2) is 5.84 Å². The van der Waals surface area contributed by atoms with Crippen molar-refractivity contribution in [3.63, 3.8) is 0 Å². The molecule has 0 amide bonds. The van der Waals surface area contributed by atoms with E-state index < -0.39 is 0 Å². The summed E-state index contributed by atoms with van der Waals surface area (Å²) in [6.45, 7) is 7.08. The summed E-state index contributed by atoms with van der Waals surface area (Å²) in [7, 11) is 0. The summed E-state index contributed by atoms with van der Waals surface area (Å²) in [4.78, 5) is 4.25. The van der Waals surface area contributed by atoms with E-state index in [9.17, 15) is 0 Å². The summed E-state index contributed by atoms with van der Waals surface area (Å²) in [6.07, 6.45) is 1.74. The molecule has 2 aromatic carbocycles. The first kappa shape index (κ1) is 16.4.